The summed E-state index contributed by atoms with van der Waals surface area (Å²) >= 11 is 0. The number of carbonyl (C=O) groups is 2. The van der Waals surface area contributed by atoms with E-state index in [9.17, 15) is 22.8 Å². The van der Waals surface area contributed by atoms with Crippen LogP contribution in [0.3, 0.4) is 0 Å². The van der Waals surface area contributed by atoms with E-state index in [1.54, 1.807) is 48.5 Å². The van der Waals surface area contributed by atoms with Crippen molar-refractivity contribution in [2.45, 2.75) is 57.5 Å². The minimum absolute atomic E-state index is 0.0796. The van der Waals surface area contributed by atoms with Crippen LogP contribution in [-0.2, 0) is 12.6 Å². The minimum atomic E-state index is -4.84. The standard InChI is InChI=1S/C39H36F3N3O3/c1-25-7-5-6-10-33(25)44-37(46)31-18-16-29(17-19-31)30-20-22-32(23-21-30)43-38(47)35-36(39(40,41)42)45-34(48-35)24-13-26-11-14-28(15-12-26)27-8-3-2-4-9-27/h2-10,16-23,26,28H,11-15,24H2,1H3,(H,43,47)(H,44,46). The molecule has 2 N–H and O–H groups in total. The van der Waals surface area contributed by atoms with Gasteiger partial charge in [-0.3, -0.25) is 9.59 Å². The topological polar surface area (TPSA) is 84.2 Å². The number of para-hydroxylation sites is 1. The lowest BCUT2D eigenvalue weighted by Crippen LogP contribution is -2.17. The second-order valence-corrected chi connectivity index (χ2v) is 12.3. The van der Waals surface area contributed by atoms with E-state index in [2.05, 4.69) is 27.8 Å². The zero-order valence-corrected chi connectivity index (χ0v) is 26.5. The Hall–Kier alpha value is -5.18. The van der Waals surface area contributed by atoms with E-state index >= 15 is 0 Å². The molecule has 1 saturated carbocycles. The van der Waals surface area contributed by atoms with Crippen LogP contribution in [-0.4, -0.2) is 16.8 Å². The molecule has 1 aromatic heterocycles. The van der Waals surface area contributed by atoms with Gasteiger partial charge in [-0.15, -0.1) is 0 Å². The molecule has 5 aromatic rings. The van der Waals surface area contributed by atoms with Gasteiger partial charge in [0, 0.05) is 23.4 Å². The molecule has 1 fully saturated rings. The lowest BCUT2D eigenvalue weighted by Gasteiger charge is -2.28. The molecule has 0 unspecified atom stereocenters. The summed E-state index contributed by atoms with van der Waals surface area (Å²) in [4.78, 5) is 29.4. The number of carbonyl (C=O) groups excluding carboxylic acids is 2. The molecular weight excluding hydrogens is 615 g/mol. The Morgan fingerprint density at radius 3 is 2.04 bits per heavy atom. The SMILES string of the molecule is Cc1ccccc1NC(=O)c1ccc(-c2ccc(NC(=O)c3oc(CCC4CCC(c5ccccc5)CC4)nc3C(F)(F)F)cc2)cc1. The van der Waals surface area contributed by atoms with Gasteiger partial charge in [-0.05, 0) is 103 Å². The van der Waals surface area contributed by atoms with Crippen LogP contribution in [0.15, 0.2) is 108 Å². The highest BCUT2D eigenvalue weighted by atomic mass is 19.4. The van der Waals surface area contributed by atoms with Gasteiger partial charge in [0.15, 0.2) is 11.6 Å². The first-order valence-electron chi connectivity index (χ1n) is 16.1. The molecule has 1 heterocycles. The zero-order chi connectivity index (χ0) is 33.7. The van der Waals surface area contributed by atoms with Gasteiger partial charge < -0.3 is 15.1 Å². The van der Waals surface area contributed by atoms with Gasteiger partial charge in [0.25, 0.3) is 11.8 Å². The van der Waals surface area contributed by atoms with Crippen molar-refractivity contribution in [3.8, 4) is 11.1 Å². The molecule has 6 rings (SSSR count). The Labute approximate surface area is 277 Å². The molecule has 0 saturated heterocycles. The van der Waals surface area contributed by atoms with Crippen LogP contribution >= 0.6 is 0 Å². The first kappa shape index (κ1) is 32.7. The van der Waals surface area contributed by atoms with E-state index in [1.807, 2.05) is 49.4 Å². The Balaban J connectivity index is 1.06. The van der Waals surface area contributed by atoms with Crippen molar-refractivity contribution in [1.82, 2.24) is 4.98 Å². The van der Waals surface area contributed by atoms with Crippen LogP contribution in [0.5, 0.6) is 0 Å². The smallest absolute Gasteiger partial charge is 0.435 e. The molecule has 48 heavy (non-hydrogen) atoms. The molecule has 1 aliphatic carbocycles. The number of oxazole rings is 1. The lowest BCUT2D eigenvalue weighted by atomic mass is 9.77. The quantitative estimate of drug-likeness (QED) is 0.166. The summed E-state index contributed by atoms with van der Waals surface area (Å²) in [6, 6.07) is 31.6. The summed E-state index contributed by atoms with van der Waals surface area (Å²) in [6.45, 7) is 1.92. The molecule has 0 spiro atoms. The van der Waals surface area contributed by atoms with E-state index in [0.717, 1.165) is 48.1 Å². The van der Waals surface area contributed by atoms with Gasteiger partial charge in [-0.2, -0.15) is 13.2 Å². The van der Waals surface area contributed by atoms with Crippen molar-refractivity contribution in [3.05, 3.63) is 137 Å². The minimum Gasteiger partial charge on any atom is -0.435 e. The maximum atomic E-state index is 13.9. The number of nitrogens with one attached hydrogen (secondary N) is 2. The first-order valence-corrected chi connectivity index (χ1v) is 16.1. The number of aromatic nitrogens is 1. The molecule has 1 aliphatic rings. The summed E-state index contributed by atoms with van der Waals surface area (Å²) in [6.07, 6.45) is 0.106. The number of alkyl halides is 3. The Bertz CT molecular complexity index is 1860. The maximum absolute atomic E-state index is 13.9. The van der Waals surface area contributed by atoms with Crippen molar-refractivity contribution in [2.75, 3.05) is 10.6 Å². The Kier molecular flexibility index (Phi) is 9.75. The third kappa shape index (κ3) is 7.85. The summed E-state index contributed by atoms with van der Waals surface area (Å²) in [5, 5.41) is 5.42. The fraction of sp³-hybridized carbons (Fsp3) is 0.256. The van der Waals surface area contributed by atoms with Crippen LogP contribution in [0.2, 0.25) is 0 Å². The Morgan fingerprint density at radius 1 is 0.771 bits per heavy atom. The first-order chi connectivity index (χ1) is 23.1. The summed E-state index contributed by atoms with van der Waals surface area (Å²) in [7, 11) is 0. The molecule has 0 atom stereocenters. The van der Waals surface area contributed by atoms with Gasteiger partial charge in [-0.25, -0.2) is 4.98 Å². The highest BCUT2D eigenvalue weighted by Gasteiger charge is 2.41. The van der Waals surface area contributed by atoms with Crippen molar-refractivity contribution in [2.24, 2.45) is 5.92 Å². The van der Waals surface area contributed by atoms with Gasteiger partial charge >= 0.3 is 6.18 Å². The fourth-order valence-corrected chi connectivity index (χ4v) is 6.31. The highest BCUT2D eigenvalue weighted by molar-refractivity contribution is 6.05. The zero-order valence-electron chi connectivity index (χ0n) is 26.5. The third-order valence-electron chi connectivity index (χ3n) is 9.05. The third-order valence-corrected chi connectivity index (χ3v) is 9.05. The van der Waals surface area contributed by atoms with Crippen LogP contribution in [0.4, 0.5) is 24.5 Å². The van der Waals surface area contributed by atoms with Gasteiger partial charge in [0.05, 0.1) is 0 Å². The predicted octanol–water partition coefficient (Wildman–Crippen LogP) is 10.1. The molecule has 0 aliphatic heterocycles. The molecular formula is C39H36F3N3O3. The van der Waals surface area contributed by atoms with E-state index < -0.39 is 23.5 Å². The van der Waals surface area contributed by atoms with E-state index in [4.69, 9.17) is 4.42 Å². The second kappa shape index (κ2) is 14.3. The number of nitrogens with zero attached hydrogens (tertiary/aromatic N) is 1. The number of benzene rings is 4. The number of aryl methyl sites for hydroxylation is 2. The number of hydrogen-bond donors (Lipinski definition) is 2. The van der Waals surface area contributed by atoms with Crippen molar-refractivity contribution in [3.63, 3.8) is 0 Å². The lowest BCUT2D eigenvalue weighted by molar-refractivity contribution is -0.141. The van der Waals surface area contributed by atoms with Gasteiger partial charge in [0.2, 0.25) is 5.76 Å². The van der Waals surface area contributed by atoms with Gasteiger partial charge in [0.1, 0.15) is 0 Å². The molecule has 2 amide bonds. The predicted molar refractivity (Wildman–Crippen MR) is 180 cm³/mol. The maximum Gasteiger partial charge on any atom is 0.437 e. The molecule has 0 bridgehead atoms. The van der Waals surface area contributed by atoms with Crippen molar-refractivity contribution >= 4 is 23.2 Å². The van der Waals surface area contributed by atoms with Crippen molar-refractivity contribution < 1.29 is 27.2 Å². The molecule has 6 nitrogen and oxygen atoms in total. The average molecular weight is 652 g/mol. The van der Waals surface area contributed by atoms with Crippen LogP contribution in [0.25, 0.3) is 11.1 Å². The molecule has 9 heteroatoms. The monoisotopic (exact) mass is 651 g/mol. The van der Waals surface area contributed by atoms with Crippen LogP contribution in [0.1, 0.15) is 81.6 Å². The highest BCUT2D eigenvalue weighted by Crippen LogP contribution is 2.38. The largest absolute Gasteiger partial charge is 0.437 e. The summed E-state index contributed by atoms with van der Waals surface area (Å²) in [5.41, 5.74) is 4.14. The van der Waals surface area contributed by atoms with E-state index in [0.29, 0.717) is 29.5 Å². The normalized spacial score (nSPS) is 16.3. The van der Waals surface area contributed by atoms with Gasteiger partial charge in [-0.1, -0.05) is 72.8 Å². The Morgan fingerprint density at radius 2 is 1.40 bits per heavy atom. The summed E-state index contributed by atoms with van der Waals surface area (Å²) < 4.78 is 47.1. The second-order valence-electron chi connectivity index (χ2n) is 12.3. The number of halogens is 3. The average Bonchev–Trinajstić information content (AvgIpc) is 3.55. The van der Waals surface area contributed by atoms with Crippen LogP contribution < -0.4 is 10.6 Å². The van der Waals surface area contributed by atoms with Crippen molar-refractivity contribution in [1.29, 1.82) is 0 Å². The number of anilines is 2. The molecule has 0 radical (unpaired) electrons. The van der Waals surface area contributed by atoms with E-state index in [1.165, 1.54) is 5.56 Å². The number of amides is 2. The van der Waals surface area contributed by atoms with Crippen LogP contribution in [0, 0.1) is 12.8 Å². The summed E-state index contributed by atoms with van der Waals surface area (Å²) in [5.74, 6) is -1.28. The number of rotatable bonds is 9. The number of hydrogen-bond acceptors (Lipinski definition) is 4. The molecule has 246 valence electrons. The molecule has 4 aromatic carbocycles. The fourth-order valence-electron chi connectivity index (χ4n) is 6.31. The van der Waals surface area contributed by atoms with E-state index in [-0.39, 0.29) is 18.2 Å².